The number of imidazole rings is 1. The first kappa shape index (κ1) is 16.7. The van der Waals surface area contributed by atoms with Gasteiger partial charge >= 0.3 is 0 Å². The predicted octanol–water partition coefficient (Wildman–Crippen LogP) is 3.03. The normalized spacial score (nSPS) is 11.7. The van der Waals surface area contributed by atoms with E-state index in [2.05, 4.69) is 15.3 Å². The van der Waals surface area contributed by atoms with Gasteiger partial charge in [-0.05, 0) is 17.7 Å². The van der Waals surface area contributed by atoms with Crippen LogP contribution in [0.5, 0.6) is 5.75 Å². The van der Waals surface area contributed by atoms with Crippen molar-refractivity contribution in [3.05, 3.63) is 84.2 Å². The molecule has 0 spiro atoms. The molecule has 1 atom stereocenters. The summed E-state index contributed by atoms with van der Waals surface area (Å²) in [5, 5.41) is 2.94. The largest absolute Gasteiger partial charge is 0.484 e. The molecule has 0 radical (unpaired) electrons. The highest BCUT2D eigenvalue weighted by molar-refractivity contribution is 5.78. The Morgan fingerprint density at radius 3 is 2.76 bits per heavy atom. The summed E-state index contributed by atoms with van der Waals surface area (Å²) in [6.07, 6.45) is 3.95. The smallest absolute Gasteiger partial charge is 0.258 e. The zero-order valence-corrected chi connectivity index (χ0v) is 13.5. The van der Waals surface area contributed by atoms with Gasteiger partial charge in [-0.2, -0.15) is 0 Å². The number of aromatic amines is 1. The minimum Gasteiger partial charge on any atom is -0.484 e. The molecule has 3 aromatic rings. The molecule has 0 aliphatic carbocycles. The van der Waals surface area contributed by atoms with E-state index >= 15 is 0 Å². The average molecular weight is 339 g/mol. The maximum Gasteiger partial charge on any atom is 0.258 e. The van der Waals surface area contributed by atoms with E-state index in [9.17, 15) is 9.18 Å². The van der Waals surface area contributed by atoms with Crippen molar-refractivity contribution in [3.63, 3.8) is 0 Å². The molecule has 0 saturated carbocycles. The van der Waals surface area contributed by atoms with Crippen LogP contribution < -0.4 is 10.1 Å². The molecule has 2 aromatic carbocycles. The quantitative estimate of drug-likeness (QED) is 0.695. The number of carbonyl (C=O) groups excluding carboxylic acids is 1. The molecule has 0 aliphatic heterocycles. The third kappa shape index (κ3) is 4.91. The predicted molar refractivity (Wildman–Crippen MR) is 91.5 cm³/mol. The first-order valence-electron chi connectivity index (χ1n) is 7.91. The third-order valence-electron chi connectivity index (χ3n) is 3.66. The van der Waals surface area contributed by atoms with E-state index in [4.69, 9.17) is 4.74 Å². The van der Waals surface area contributed by atoms with Gasteiger partial charge in [-0.3, -0.25) is 4.79 Å². The zero-order chi connectivity index (χ0) is 17.5. The topological polar surface area (TPSA) is 67.0 Å². The Kier molecular flexibility index (Phi) is 5.41. The van der Waals surface area contributed by atoms with Gasteiger partial charge in [0.15, 0.2) is 6.61 Å². The van der Waals surface area contributed by atoms with E-state index in [1.807, 2.05) is 30.3 Å². The Morgan fingerprint density at radius 2 is 2.04 bits per heavy atom. The molecule has 2 N–H and O–H groups in total. The van der Waals surface area contributed by atoms with Gasteiger partial charge in [-0.15, -0.1) is 0 Å². The lowest BCUT2D eigenvalue weighted by molar-refractivity contribution is -0.123. The van der Waals surface area contributed by atoms with E-state index in [0.717, 1.165) is 11.4 Å². The van der Waals surface area contributed by atoms with Gasteiger partial charge in [0.2, 0.25) is 0 Å². The van der Waals surface area contributed by atoms with Crippen LogP contribution in [0, 0.1) is 5.82 Å². The van der Waals surface area contributed by atoms with Crippen LogP contribution in [-0.4, -0.2) is 22.5 Å². The zero-order valence-electron chi connectivity index (χ0n) is 13.5. The molecule has 25 heavy (non-hydrogen) atoms. The summed E-state index contributed by atoms with van der Waals surface area (Å²) in [6.45, 7) is -0.190. The fourth-order valence-corrected chi connectivity index (χ4v) is 2.48. The Labute approximate surface area is 144 Å². The summed E-state index contributed by atoms with van der Waals surface area (Å²) in [7, 11) is 0. The average Bonchev–Trinajstić information content (AvgIpc) is 3.13. The third-order valence-corrected chi connectivity index (χ3v) is 3.66. The van der Waals surface area contributed by atoms with Gasteiger partial charge in [0.1, 0.15) is 17.4 Å². The highest BCUT2D eigenvalue weighted by atomic mass is 19.1. The number of hydrogen-bond donors (Lipinski definition) is 2. The van der Waals surface area contributed by atoms with Crippen molar-refractivity contribution in [3.8, 4) is 5.75 Å². The van der Waals surface area contributed by atoms with Crippen LogP contribution in [-0.2, 0) is 11.2 Å². The van der Waals surface area contributed by atoms with Crippen molar-refractivity contribution in [1.82, 2.24) is 15.3 Å². The fourth-order valence-electron chi connectivity index (χ4n) is 2.48. The maximum absolute atomic E-state index is 13.1. The number of nitrogens with one attached hydrogen (secondary N) is 2. The van der Waals surface area contributed by atoms with Gasteiger partial charge in [-0.25, -0.2) is 9.37 Å². The molecule has 5 nitrogen and oxygen atoms in total. The van der Waals surface area contributed by atoms with Crippen LogP contribution in [0.3, 0.4) is 0 Å². The minimum atomic E-state index is -0.405. The van der Waals surface area contributed by atoms with Gasteiger partial charge in [-0.1, -0.05) is 36.4 Å². The Morgan fingerprint density at radius 1 is 1.20 bits per heavy atom. The van der Waals surface area contributed by atoms with Crippen molar-refractivity contribution < 1.29 is 13.9 Å². The number of amides is 1. The van der Waals surface area contributed by atoms with Crippen LogP contribution >= 0.6 is 0 Å². The molecule has 1 heterocycles. The lowest BCUT2D eigenvalue weighted by Gasteiger charge is -2.18. The standard InChI is InChI=1S/C19H18FN3O2/c20-15-7-4-8-16(11-15)25-13-19(24)23-17(12-18-21-9-10-22-18)14-5-2-1-3-6-14/h1-11,17H,12-13H2,(H,21,22)(H,23,24)/t17-/m1/s1. The van der Waals surface area contributed by atoms with Crippen molar-refractivity contribution in [2.75, 3.05) is 6.61 Å². The van der Waals surface area contributed by atoms with Crippen molar-refractivity contribution in [1.29, 1.82) is 0 Å². The summed E-state index contributed by atoms with van der Waals surface area (Å²) < 4.78 is 18.5. The summed E-state index contributed by atoms with van der Waals surface area (Å²) in [4.78, 5) is 19.5. The number of rotatable bonds is 7. The van der Waals surface area contributed by atoms with Crippen molar-refractivity contribution in [2.24, 2.45) is 0 Å². The van der Waals surface area contributed by atoms with E-state index in [1.165, 1.54) is 18.2 Å². The molecule has 0 saturated heterocycles. The molecule has 1 aromatic heterocycles. The molecule has 6 heteroatoms. The highest BCUT2D eigenvalue weighted by Crippen LogP contribution is 2.17. The number of nitrogens with zero attached hydrogens (tertiary/aromatic N) is 1. The van der Waals surface area contributed by atoms with Gasteiger partial charge in [0, 0.05) is 24.9 Å². The Hall–Kier alpha value is -3.15. The number of halogens is 1. The Bertz CT molecular complexity index is 807. The second-order valence-corrected chi connectivity index (χ2v) is 5.52. The second kappa shape index (κ2) is 8.10. The fraction of sp³-hybridized carbons (Fsp3) is 0.158. The van der Waals surface area contributed by atoms with Crippen LogP contribution in [0.2, 0.25) is 0 Å². The van der Waals surface area contributed by atoms with Crippen LogP contribution in [0.15, 0.2) is 67.0 Å². The van der Waals surface area contributed by atoms with Crippen molar-refractivity contribution >= 4 is 5.91 Å². The molecule has 0 fully saturated rings. The van der Waals surface area contributed by atoms with Crippen LogP contribution in [0.25, 0.3) is 0 Å². The molecular formula is C19H18FN3O2. The van der Waals surface area contributed by atoms with E-state index in [1.54, 1.807) is 18.5 Å². The van der Waals surface area contributed by atoms with Crippen LogP contribution in [0.4, 0.5) is 4.39 Å². The van der Waals surface area contributed by atoms with E-state index in [-0.39, 0.29) is 18.6 Å². The molecule has 3 rings (SSSR count). The second-order valence-electron chi connectivity index (χ2n) is 5.52. The van der Waals surface area contributed by atoms with E-state index in [0.29, 0.717) is 12.2 Å². The lowest BCUT2D eigenvalue weighted by Crippen LogP contribution is -2.34. The summed E-state index contributed by atoms with van der Waals surface area (Å²) in [5.74, 6) is 0.403. The number of ether oxygens (including phenoxy) is 1. The monoisotopic (exact) mass is 339 g/mol. The molecule has 0 bridgehead atoms. The molecule has 1 amide bonds. The minimum absolute atomic E-state index is 0.190. The lowest BCUT2D eigenvalue weighted by atomic mass is 10.0. The number of benzene rings is 2. The molecule has 0 unspecified atom stereocenters. The number of hydrogen-bond acceptors (Lipinski definition) is 3. The number of carbonyl (C=O) groups is 1. The molecule has 0 aliphatic rings. The Balaban J connectivity index is 1.64. The molecular weight excluding hydrogens is 321 g/mol. The van der Waals surface area contributed by atoms with Crippen molar-refractivity contribution in [2.45, 2.75) is 12.5 Å². The van der Waals surface area contributed by atoms with Gasteiger partial charge < -0.3 is 15.0 Å². The first-order valence-corrected chi connectivity index (χ1v) is 7.91. The first-order chi connectivity index (χ1) is 12.2. The molecule has 128 valence electrons. The highest BCUT2D eigenvalue weighted by Gasteiger charge is 2.16. The van der Waals surface area contributed by atoms with E-state index < -0.39 is 5.82 Å². The van der Waals surface area contributed by atoms with Crippen LogP contribution in [0.1, 0.15) is 17.4 Å². The maximum atomic E-state index is 13.1. The summed E-state index contributed by atoms with van der Waals surface area (Å²) in [5.41, 5.74) is 0.970. The number of aromatic nitrogens is 2. The van der Waals surface area contributed by atoms with Gasteiger partial charge in [0.05, 0.1) is 6.04 Å². The SMILES string of the molecule is O=C(COc1cccc(F)c1)N[C@H](Cc1ncc[nH]1)c1ccccc1. The summed E-state index contributed by atoms with van der Waals surface area (Å²) in [6, 6.07) is 15.1. The number of H-pyrrole nitrogens is 1. The summed E-state index contributed by atoms with van der Waals surface area (Å²) >= 11 is 0. The van der Waals surface area contributed by atoms with Gasteiger partial charge in [0.25, 0.3) is 5.91 Å².